The lowest BCUT2D eigenvalue weighted by atomic mass is 9.92. The van der Waals surface area contributed by atoms with E-state index in [0.717, 1.165) is 16.8 Å². The average molecular weight is 275 g/mol. The molecule has 0 amide bonds. The van der Waals surface area contributed by atoms with Gasteiger partial charge in [0.15, 0.2) is 0 Å². The summed E-state index contributed by atoms with van der Waals surface area (Å²) < 4.78 is 0. The van der Waals surface area contributed by atoms with Crippen molar-refractivity contribution in [2.45, 2.75) is 12.3 Å². The molecule has 21 heavy (non-hydrogen) atoms. The van der Waals surface area contributed by atoms with Crippen LogP contribution in [0.2, 0.25) is 0 Å². The predicted octanol–water partition coefficient (Wildman–Crippen LogP) is 3.47. The van der Waals surface area contributed by atoms with Crippen LogP contribution >= 0.6 is 0 Å². The van der Waals surface area contributed by atoms with Crippen LogP contribution in [0.4, 0.5) is 5.69 Å². The van der Waals surface area contributed by atoms with Gasteiger partial charge in [-0.1, -0.05) is 24.3 Å². The summed E-state index contributed by atoms with van der Waals surface area (Å²) in [7, 11) is 4.01. The second kappa shape index (κ2) is 6.59. The van der Waals surface area contributed by atoms with Crippen LogP contribution in [0.25, 0.3) is 0 Å². The molecule has 0 N–H and O–H groups in total. The van der Waals surface area contributed by atoms with Gasteiger partial charge in [0.1, 0.15) is 0 Å². The lowest BCUT2D eigenvalue weighted by Crippen LogP contribution is -2.08. The molecule has 0 spiro atoms. The van der Waals surface area contributed by atoms with Crippen molar-refractivity contribution in [1.82, 2.24) is 0 Å². The first-order valence-corrected chi connectivity index (χ1v) is 6.80. The van der Waals surface area contributed by atoms with Crippen LogP contribution in [0.5, 0.6) is 0 Å². The van der Waals surface area contributed by atoms with Crippen LogP contribution in [0.3, 0.4) is 0 Å². The molecule has 3 heteroatoms. The van der Waals surface area contributed by atoms with E-state index in [0.29, 0.717) is 12.0 Å². The normalized spacial score (nSPS) is 11.2. The number of nitrogens with zero attached hydrogens (tertiary/aromatic N) is 3. The van der Waals surface area contributed by atoms with Crippen molar-refractivity contribution in [2.24, 2.45) is 0 Å². The smallest absolute Gasteiger partial charge is 0.0991 e. The summed E-state index contributed by atoms with van der Waals surface area (Å²) in [4.78, 5) is 2.05. The Morgan fingerprint density at radius 2 is 1.57 bits per heavy atom. The van der Waals surface area contributed by atoms with Gasteiger partial charge in [-0.3, -0.25) is 0 Å². The van der Waals surface area contributed by atoms with E-state index in [-0.39, 0.29) is 5.92 Å². The highest BCUT2D eigenvalue weighted by atomic mass is 15.1. The van der Waals surface area contributed by atoms with Gasteiger partial charge in [0.25, 0.3) is 0 Å². The fourth-order valence-corrected chi connectivity index (χ4v) is 2.19. The van der Waals surface area contributed by atoms with Gasteiger partial charge in [-0.2, -0.15) is 10.5 Å². The molecule has 2 aromatic carbocycles. The zero-order valence-electron chi connectivity index (χ0n) is 12.2. The van der Waals surface area contributed by atoms with E-state index in [1.165, 1.54) is 0 Å². The van der Waals surface area contributed by atoms with E-state index in [9.17, 15) is 5.26 Å². The predicted molar refractivity (Wildman–Crippen MR) is 84.0 cm³/mol. The highest BCUT2D eigenvalue weighted by Gasteiger charge is 2.11. The van der Waals surface area contributed by atoms with Crippen molar-refractivity contribution < 1.29 is 0 Å². The molecule has 1 atom stereocenters. The molecule has 1 unspecified atom stereocenters. The van der Waals surface area contributed by atoms with E-state index in [1.54, 1.807) is 12.1 Å². The van der Waals surface area contributed by atoms with Crippen LogP contribution in [0.15, 0.2) is 48.5 Å². The molecule has 3 nitrogen and oxygen atoms in total. The van der Waals surface area contributed by atoms with Crippen molar-refractivity contribution >= 4 is 5.69 Å². The molecule has 0 aliphatic heterocycles. The molecule has 2 rings (SSSR count). The summed E-state index contributed by atoms with van der Waals surface area (Å²) in [5.74, 6) is -0.192. The zero-order chi connectivity index (χ0) is 15.2. The van der Waals surface area contributed by atoms with E-state index in [4.69, 9.17) is 5.26 Å². The van der Waals surface area contributed by atoms with Crippen molar-refractivity contribution in [3.05, 3.63) is 65.2 Å². The average Bonchev–Trinajstić information content (AvgIpc) is 2.53. The summed E-state index contributed by atoms with van der Waals surface area (Å²) in [6, 6.07) is 19.9. The number of benzene rings is 2. The fraction of sp³-hybridized carbons (Fsp3) is 0.222. The molecule has 2 aromatic rings. The van der Waals surface area contributed by atoms with Gasteiger partial charge in [0, 0.05) is 19.8 Å². The standard InChI is InChI=1S/C18H17N3/c1-21(2)18-9-5-14(6-10-18)11-17(13-20)16-7-3-15(12-19)4-8-16/h3-10,17H,11H2,1-2H3. The lowest BCUT2D eigenvalue weighted by Gasteiger charge is -2.14. The second-order valence-corrected chi connectivity index (χ2v) is 5.18. The molecule has 0 heterocycles. The van der Waals surface area contributed by atoms with Crippen LogP contribution in [0.1, 0.15) is 22.6 Å². The van der Waals surface area contributed by atoms with Gasteiger partial charge >= 0.3 is 0 Å². The van der Waals surface area contributed by atoms with Gasteiger partial charge in [-0.05, 0) is 41.8 Å². The highest BCUT2D eigenvalue weighted by Crippen LogP contribution is 2.22. The largest absolute Gasteiger partial charge is 0.378 e. The quantitative estimate of drug-likeness (QED) is 0.858. The highest BCUT2D eigenvalue weighted by molar-refractivity contribution is 5.46. The van der Waals surface area contributed by atoms with Gasteiger partial charge in [-0.15, -0.1) is 0 Å². The van der Waals surface area contributed by atoms with E-state index in [2.05, 4.69) is 36.4 Å². The van der Waals surface area contributed by atoms with Crippen molar-refractivity contribution in [2.75, 3.05) is 19.0 Å². The van der Waals surface area contributed by atoms with Crippen molar-refractivity contribution in [3.8, 4) is 12.1 Å². The third-order valence-corrected chi connectivity index (χ3v) is 3.49. The maximum atomic E-state index is 9.39. The van der Waals surface area contributed by atoms with Crippen LogP contribution < -0.4 is 4.90 Å². The Balaban J connectivity index is 2.15. The van der Waals surface area contributed by atoms with Crippen molar-refractivity contribution in [3.63, 3.8) is 0 Å². The summed E-state index contributed by atoms with van der Waals surface area (Å²) in [6.45, 7) is 0. The third kappa shape index (κ3) is 3.61. The van der Waals surface area contributed by atoms with Crippen molar-refractivity contribution in [1.29, 1.82) is 10.5 Å². The number of rotatable bonds is 4. The maximum absolute atomic E-state index is 9.39. The topological polar surface area (TPSA) is 50.8 Å². The van der Waals surface area contributed by atoms with Gasteiger partial charge in [0.2, 0.25) is 0 Å². The Kier molecular flexibility index (Phi) is 4.59. The van der Waals surface area contributed by atoms with Crippen LogP contribution in [-0.4, -0.2) is 14.1 Å². The Morgan fingerprint density at radius 1 is 0.952 bits per heavy atom. The molecule has 0 radical (unpaired) electrons. The molecule has 0 aliphatic rings. The number of hydrogen-bond donors (Lipinski definition) is 0. The SMILES string of the molecule is CN(C)c1ccc(CC(C#N)c2ccc(C#N)cc2)cc1. The van der Waals surface area contributed by atoms with Gasteiger partial charge < -0.3 is 4.90 Å². The summed E-state index contributed by atoms with van der Waals surface area (Å²) in [5.41, 5.74) is 3.85. The third-order valence-electron chi connectivity index (χ3n) is 3.49. The molecule has 0 aromatic heterocycles. The summed E-state index contributed by atoms with van der Waals surface area (Å²) in [6.07, 6.45) is 0.677. The molecule has 0 saturated carbocycles. The summed E-state index contributed by atoms with van der Waals surface area (Å²) in [5, 5.41) is 18.2. The Bertz CT molecular complexity index is 670. The van der Waals surface area contributed by atoms with Gasteiger partial charge in [0.05, 0.1) is 23.6 Å². The fourth-order valence-electron chi connectivity index (χ4n) is 2.19. The number of anilines is 1. The minimum Gasteiger partial charge on any atom is -0.378 e. The molecule has 104 valence electrons. The monoisotopic (exact) mass is 275 g/mol. The molecular weight excluding hydrogens is 258 g/mol. The number of nitriles is 2. The van der Waals surface area contributed by atoms with Crippen LogP contribution in [0, 0.1) is 22.7 Å². The lowest BCUT2D eigenvalue weighted by molar-refractivity contribution is 0.849. The molecule has 0 bridgehead atoms. The van der Waals surface area contributed by atoms with Crippen LogP contribution in [-0.2, 0) is 6.42 Å². The Morgan fingerprint density at radius 3 is 2.05 bits per heavy atom. The maximum Gasteiger partial charge on any atom is 0.0991 e. The van der Waals surface area contributed by atoms with E-state index in [1.807, 2.05) is 31.1 Å². The summed E-state index contributed by atoms with van der Waals surface area (Å²) >= 11 is 0. The first-order chi connectivity index (χ1) is 10.1. The second-order valence-electron chi connectivity index (χ2n) is 5.18. The van der Waals surface area contributed by atoms with Gasteiger partial charge in [-0.25, -0.2) is 0 Å². The molecular formula is C18H17N3. The first kappa shape index (κ1) is 14.6. The van der Waals surface area contributed by atoms with E-state index < -0.39 is 0 Å². The molecule has 0 saturated heterocycles. The Labute approximate surface area is 125 Å². The number of hydrogen-bond acceptors (Lipinski definition) is 3. The molecule has 0 fully saturated rings. The minimum absolute atomic E-state index is 0.192. The minimum atomic E-state index is -0.192. The molecule has 0 aliphatic carbocycles. The Hall–Kier alpha value is -2.78. The van der Waals surface area contributed by atoms with E-state index >= 15 is 0 Å². The zero-order valence-corrected chi connectivity index (χ0v) is 12.2. The first-order valence-electron chi connectivity index (χ1n) is 6.80.